The first-order chi connectivity index (χ1) is 17.8. The maximum absolute atomic E-state index is 14.8. The van der Waals surface area contributed by atoms with E-state index in [1.165, 1.54) is 0 Å². The molecular weight excluding hydrogens is 479 g/mol. The van der Waals surface area contributed by atoms with E-state index in [0.717, 1.165) is 25.6 Å². The van der Waals surface area contributed by atoms with Crippen LogP contribution < -0.4 is 20.3 Å². The molecule has 5 rings (SSSR count). The van der Waals surface area contributed by atoms with Crippen molar-refractivity contribution in [2.75, 3.05) is 50.6 Å². The Morgan fingerprint density at radius 3 is 2.78 bits per heavy atom. The Balaban J connectivity index is 1.50. The van der Waals surface area contributed by atoms with Crippen molar-refractivity contribution in [2.45, 2.75) is 44.6 Å². The molecule has 3 atom stereocenters. The van der Waals surface area contributed by atoms with E-state index < -0.39 is 18.1 Å². The number of hydrogen-bond donors (Lipinski definition) is 2. The zero-order valence-corrected chi connectivity index (χ0v) is 21.6. The maximum Gasteiger partial charge on any atom is 0.256 e. The molecule has 0 aromatic carbocycles. The number of alkyl halides is 1. The van der Waals surface area contributed by atoms with Crippen LogP contribution in [0.3, 0.4) is 0 Å². The number of carbonyl (C=O) groups excluding carboxylic acids is 1. The van der Waals surface area contributed by atoms with E-state index in [2.05, 4.69) is 39.2 Å². The molecule has 0 unspecified atom stereocenters. The first kappa shape index (κ1) is 24.9. The van der Waals surface area contributed by atoms with Gasteiger partial charge in [0.1, 0.15) is 11.9 Å². The molecule has 3 aromatic heterocycles. The number of likely N-dealkylation sites (N-methyl/N-ethyl adjacent to an activating group) is 1. The molecule has 2 aliphatic rings. The van der Waals surface area contributed by atoms with E-state index in [1.807, 2.05) is 29.3 Å². The Bertz CT molecular complexity index is 1300. The average Bonchev–Trinajstić information content (AvgIpc) is 3.65. The normalized spacial score (nSPS) is 22.2. The summed E-state index contributed by atoms with van der Waals surface area (Å²) in [6.07, 6.45) is 4.52. The van der Waals surface area contributed by atoms with Crippen molar-refractivity contribution in [1.82, 2.24) is 39.5 Å². The third-order valence-corrected chi connectivity index (χ3v) is 6.90. The number of fused-ring (bicyclic) bond motifs is 1. The van der Waals surface area contributed by atoms with Gasteiger partial charge in [-0.1, -0.05) is 6.58 Å². The number of nitrogens with zero attached hydrogens (tertiary/aromatic N) is 8. The van der Waals surface area contributed by atoms with Crippen LogP contribution in [0.15, 0.2) is 25.2 Å². The van der Waals surface area contributed by atoms with Crippen molar-refractivity contribution >= 4 is 34.5 Å². The molecule has 0 aliphatic carbocycles. The molecule has 1 amide bonds. The van der Waals surface area contributed by atoms with Gasteiger partial charge in [-0.25, -0.2) is 9.37 Å². The van der Waals surface area contributed by atoms with Crippen molar-refractivity contribution in [3.05, 3.63) is 25.2 Å². The molecule has 37 heavy (non-hydrogen) atoms. The van der Waals surface area contributed by atoms with Gasteiger partial charge < -0.3 is 29.7 Å². The molecule has 12 nitrogen and oxygen atoms in total. The molecule has 3 aromatic rings. The summed E-state index contributed by atoms with van der Waals surface area (Å²) < 4.78 is 24.2. The van der Waals surface area contributed by atoms with E-state index in [4.69, 9.17) is 14.7 Å². The van der Waals surface area contributed by atoms with Crippen molar-refractivity contribution in [2.24, 2.45) is 0 Å². The van der Waals surface area contributed by atoms with E-state index in [-0.39, 0.29) is 25.2 Å². The van der Waals surface area contributed by atoms with E-state index in [0.29, 0.717) is 34.5 Å². The number of nitrogens with one attached hydrogen (secondary N) is 2. The van der Waals surface area contributed by atoms with Crippen LogP contribution in [0.4, 0.5) is 21.8 Å². The topological polar surface area (TPSA) is 118 Å². The van der Waals surface area contributed by atoms with E-state index >= 15 is 0 Å². The first-order valence-corrected chi connectivity index (χ1v) is 12.4. The summed E-state index contributed by atoms with van der Waals surface area (Å²) in [6.45, 7) is 9.73. The smallest absolute Gasteiger partial charge is 0.256 e. The van der Waals surface area contributed by atoms with Gasteiger partial charge in [0.25, 0.3) is 5.88 Å². The number of halogens is 1. The molecular formula is C24H33FN10O2. The Morgan fingerprint density at radius 1 is 1.30 bits per heavy atom. The lowest BCUT2D eigenvalue weighted by molar-refractivity contribution is -0.117. The highest BCUT2D eigenvalue weighted by atomic mass is 19.1. The highest BCUT2D eigenvalue weighted by Gasteiger charge is 2.35. The maximum atomic E-state index is 14.8. The number of aromatic nitrogens is 6. The van der Waals surface area contributed by atoms with Gasteiger partial charge in [0.15, 0.2) is 17.0 Å². The highest BCUT2D eigenvalue weighted by Crippen LogP contribution is 2.33. The van der Waals surface area contributed by atoms with Crippen LogP contribution in [0.5, 0.6) is 5.88 Å². The van der Waals surface area contributed by atoms with Crippen LogP contribution in [0, 0.1) is 0 Å². The quantitative estimate of drug-likeness (QED) is 0.437. The van der Waals surface area contributed by atoms with Crippen LogP contribution in [0.25, 0.3) is 11.2 Å². The second-order valence-electron chi connectivity index (χ2n) is 9.89. The van der Waals surface area contributed by atoms with Gasteiger partial charge in [-0.15, -0.1) is 5.10 Å². The van der Waals surface area contributed by atoms with Crippen LogP contribution >= 0.6 is 0 Å². The van der Waals surface area contributed by atoms with E-state index in [9.17, 15) is 9.18 Å². The lowest BCUT2D eigenvalue weighted by atomic mass is 10.2. The summed E-state index contributed by atoms with van der Waals surface area (Å²) >= 11 is 0. The molecule has 13 heteroatoms. The minimum Gasteiger partial charge on any atom is -0.478 e. The number of methoxy groups -OCH3 is 1. The van der Waals surface area contributed by atoms with Gasteiger partial charge in [0.2, 0.25) is 11.9 Å². The Labute approximate surface area is 214 Å². The van der Waals surface area contributed by atoms with Gasteiger partial charge in [-0.05, 0) is 39.9 Å². The molecule has 2 saturated heterocycles. The fraction of sp³-hybridized carbons (Fsp3) is 0.542. The molecule has 0 bridgehead atoms. The van der Waals surface area contributed by atoms with Crippen LogP contribution in [-0.4, -0.2) is 92.7 Å². The number of imidazole rings is 1. The van der Waals surface area contributed by atoms with Crippen LogP contribution in [0.1, 0.15) is 32.4 Å². The lowest BCUT2D eigenvalue weighted by Gasteiger charge is -2.18. The minimum absolute atomic E-state index is 0.0549. The zero-order chi connectivity index (χ0) is 26.3. The molecule has 2 fully saturated rings. The van der Waals surface area contributed by atoms with Gasteiger partial charge in [0, 0.05) is 19.1 Å². The fourth-order valence-corrected chi connectivity index (χ4v) is 4.87. The van der Waals surface area contributed by atoms with Crippen molar-refractivity contribution < 1.29 is 13.9 Å². The molecule has 2 N–H and O–H groups in total. The number of anilines is 3. The third-order valence-electron chi connectivity index (χ3n) is 6.90. The van der Waals surface area contributed by atoms with Gasteiger partial charge in [-0.2, -0.15) is 9.97 Å². The standard InChI is InChI=1S/C24H33FN10O2/c1-6-19(36)27-17-11-33(10-16(17)25)24-29-21(20-22(30-24)34(13-26-20)14(2)3)28-18-12-35(31-23(18)37-5)15-7-8-32(4)9-15/h6,12-17H,1,7-11H2,2-5H3,(H,27,36)(H,28,29,30)/t15-,16+,17+/m0/s1. The molecule has 2 aliphatic heterocycles. The largest absolute Gasteiger partial charge is 0.478 e. The third kappa shape index (κ3) is 4.82. The monoisotopic (exact) mass is 512 g/mol. The van der Waals surface area contributed by atoms with Crippen molar-refractivity contribution in [1.29, 1.82) is 0 Å². The second-order valence-corrected chi connectivity index (χ2v) is 9.89. The summed E-state index contributed by atoms with van der Waals surface area (Å²) in [7, 11) is 3.67. The summed E-state index contributed by atoms with van der Waals surface area (Å²) in [6, 6.07) is -0.326. The van der Waals surface area contributed by atoms with Gasteiger partial charge >= 0.3 is 0 Å². The predicted molar refractivity (Wildman–Crippen MR) is 138 cm³/mol. The van der Waals surface area contributed by atoms with Crippen LogP contribution in [-0.2, 0) is 4.79 Å². The summed E-state index contributed by atoms with van der Waals surface area (Å²) in [5.41, 5.74) is 1.86. The molecule has 0 spiro atoms. The minimum atomic E-state index is -1.27. The van der Waals surface area contributed by atoms with Gasteiger partial charge in [-0.3, -0.25) is 9.48 Å². The Morgan fingerprint density at radius 2 is 2.11 bits per heavy atom. The molecule has 0 radical (unpaired) electrons. The molecule has 0 saturated carbocycles. The van der Waals surface area contributed by atoms with Crippen molar-refractivity contribution in [3.63, 3.8) is 0 Å². The van der Waals surface area contributed by atoms with Crippen LogP contribution in [0.2, 0.25) is 0 Å². The first-order valence-electron chi connectivity index (χ1n) is 12.4. The summed E-state index contributed by atoms with van der Waals surface area (Å²) in [4.78, 5) is 29.8. The SMILES string of the molecule is C=CC(=O)N[C@@H]1CN(c2nc(Nc3cn([C@H]4CCN(C)C4)nc3OC)c3ncn(C(C)C)c3n2)C[C@H]1F. The summed E-state index contributed by atoms with van der Waals surface area (Å²) in [5.74, 6) is 0.848. The summed E-state index contributed by atoms with van der Waals surface area (Å²) in [5, 5.41) is 10.6. The predicted octanol–water partition coefficient (Wildman–Crippen LogP) is 2.06. The fourth-order valence-electron chi connectivity index (χ4n) is 4.87. The number of carbonyl (C=O) groups is 1. The number of rotatable bonds is 8. The van der Waals surface area contributed by atoms with Gasteiger partial charge in [0.05, 0.1) is 38.3 Å². The lowest BCUT2D eigenvalue weighted by Crippen LogP contribution is -2.40. The number of hydrogen-bond acceptors (Lipinski definition) is 9. The average molecular weight is 513 g/mol. The molecule has 198 valence electrons. The number of amides is 1. The van der Waals surface area contributed by atoms with Crippen molar-refractivity contribution in [3.8, 4) is 5.88 Å². The molecule has 5 heterocycles. The Kier molecular flexibility index (Phi) is 6.71. The Hall–Kier alpha value is -3.74. The highest BCUT2D eigenvalue weighted by molar-refractivity contribution is 5.88. The zero-order valence-electron chi connectivity index (χ0n) is 21.6. The van der Waals surface area contributed by atoms with E-state index in [1.54, 1.807) is 18.3 Å². The second kappa shape index (κ2) is 9.96. The number of likely N-dealkylation sites (tertiary alicyclic amines) is 1. The number of ether oxygens (including phenoxy) is 1.